The van der Waals surface area contributed by atoms with Crippen molar-refractivity contribution in [2.24, 2.45) is 7.05 Å². The van der Waals surface area contributed by atoms with Crippen LogP contribution in [0.25, 0.3) is 11.1 Å². The molecule has 0 aliphatic carbocycles. The third-order valence-electron chi connectivity index (χ3n) is 6.90. The van der Waals surface area contributed by atoms with Gasteiger partial charge >= 0.3 is 6.18 Å². The van der Waals surface area contributed by atoms with Gasteiger partial charge in [-0.1, -0.05) is 24.3 Å². The normalized spacial score (nSPS) is 17.2. The molecule has 3 aromatic carbocycles. The highest BCUT2D eigenvalue weighted by atomic mass is 19.4. The van der Waals surface area contributed by atoms with E-state index in [1.807, 2.05) is 0 Å². The molecule has 0 radical (unpaired) electrons. The summed E-state index contributed by atoms with van der Waals surface area (Å²) in [5.74, 6) is -3.70. The van der Waals surface area contributed by atoms with E-state index in [0.29, 0.717) is 34.1 Å². The molecule has 0 N–H and O–H groups in total. The van der Waals surface area contributed by atoms with Gasteiger partial charge in [0, 0.05) is 19.3 Å². The van der Waals surface area contributed by atoms with Crippen molar-refractivity contribution in [2.75, 3.05) is 11.5 Å². The number of carbonyl (C=O) groups is 1. The van der Waals surface area contributed by atoms with Crippen LogP contribution in [-0.4, -0.2) is 28.2 Å². The number of imidazole rings is 1. The Bertz CT molecular complexity index is 1600. The van der Waals surface area contributed by atoms with Gasteiger partial charge in [-0.05, 0) is 65.4 Å². The number of aromatic nitrogens is 2. The van der Waals surface area contributed by atoms with Crippen LogP contribution in [0.1, 0.15) is 23.6 Å². The van der Waals surface area contributed by atoms with Crippen molar-refractivity contribution < 1.29 is 35.9 Å². The fourth-order valence-corrected chi connectivity index (χ4v) is 5.01. The smallest absolute Gasteiger partial charge is 0.422 e. The number of alkyl halides is 3. The van der Waals surface area contributed by atoms with Crippen molar-refractivity contribution in [3.8, 4) is 16.9 Å². The topological polar surface area (TPSA) is 47.4 Å². The summed E-state index contributed by atoms with van der Waals surface area (Å²) >= 11 is 0. The fraction of sp³-hybridized carbons (Fsp3) is 0.241. The summed E-state index contributed by atoms with van der Waals surface area (Å²) in [7, 11) is 1.74. The van der Waals surface area contributed by atoms with Crippen LogP contribution in [0, 0.1) is 17.5 Å². The Kier molecular flexibility index (Phi) is 6.85. The van der Waals surface area contributed by atoms with Crippen LogP contribution in [0.4, 0.5) is 32.2 Å². The van der Waals surface area contributed by atoms with E-state index in [1.54, 1.807) is 55.1 Å². The van der Waals surface area contributed by atoms with Gasteiger partial charge in [-0.2, -0.15) is 13.2 Å². The molecule has 5 rings (SSSR count). The Balaban J connectivity index is 1.60. The SMILES string of the molecule is Cn1cnc(N2Cc3ccc(-c4cccc(OCC(F)(F)F)c4)cc3C(C)(Cc3cc(F)cc(F)c3F)C2=O)c1. The summed E-state index contributed by atoms with van der Waals surface area (Å²) in [6.07, 6.45) is -1.70. The maximum atomic E-state index is 14.8. The second-order valence-corrected chi connectivity index (χ2v) is 9.96. The van der Waals surface area contributed by atoms with E-state index in [-0.39, 0.29) is 24.3 Å². The molecule has 0 spiro atoms. The first-order chi connectivity index (χ1) is 18.8. The third kappa shape index (κ3) is 5.28. The lowest BCUT2D eigenvalue weighted by Crippen LogP contribution is -2.51. The minimum Gasteiger partial charge on any atom is -0.484 e. The molecule has 1 aromatic heterocycles. The minimum atomic E-state index is -4.50. The lowest BCUT2D eigenvalue weighted by molar-refractivity contribution is -0.153. The zero-order chi connectivity index (χ0) is 28.8. The summed E-state index contributed by atoms with van der Waals surface area (Å²) in [6, 6.07) is 12.5. The minimum absolute atomic E-state index is 0.00465. The Labute approximate surface area is 225 Å². The van der Waals surface area contributed by atoms with Gasteiger partial charge in [0.1, 0.15) is 11.6 Å². The Morgan fingerprint density at radius 1 is 1.02 bits per heavy atom. The maximum absolute atomic E-state index is 14.8. The Morgan fingerprint density at radius 2 is 1.77 bits per heavy atom. The molecule has 11 heteroatoms. The number of amides is 1. The molecule has 1 amide bonds. The second-order valence-electron chi connectivity index (χ2n) is 9.96. The average Bonchev–Trinajstić information content (AvgIpc) is 3.33. The summed E-state index contributed by atoms with van der Waals surface area (Å²) in [4.78, 5) is 19.7. The van der Waals surface area contributed by atoms with E-state index in [4.69, 9.17) is 4.74 Å². The predicted octanol–water partition coefficient (Wildman–Crippen LogP) is 6.49. The van der Waals surface area contributed by atoms with Crippen molar-refractivity contribution in [1.29, 1.82) is 0 Å². The molecule has 4 aromatic rings. The van der Waals surface area contributed by atoms with Gasteiger partial charge in [0.15, 0.2) is 24.1 Å². The van der Waals surface area contributed by atoms with Crippen LogP contribution in [-0.2, 0) is 30.2 Å². The summed E-state index contributed by atoms with van der Waals surface area (Å²) < 4.78 is 87.5. The van der Waals surface area contributed by atoms with Gasteiger partial charge in [-0.3, -0.25) is 9.69 Å². The molecule has 0 saturated heterocycles. The molecular formula is C29H23F6N3O2. The van der Waals surface area contributed by atoms with Gasteiger partial charge in [-0.15, -0.1) is 0 Å². The molecule has 1 atom stereocenters. The zero-order valence-electron chi connectivity index (χ0n) is 21.4. The predicted molar refractivity (Wildman–Crippen MR) is 135 cm³/mol. The number of carbonyl (C=O) groups excluding carboxylic acids is 1. The molecule has 208 valence electrons. The largest absolute Gasteiger partial charge is 0.484 e. The van der Waals surface area contributed by atoms with Gasteiger partial charge in [0.25, 0.3) is 0 Å². The number of fused-ring (bicyclic) bond motifs is 1. The maximum Gasteiger partial charge on any atom is 0.422 e. The number of hydrogen-bond acceptors (Lipinski definition) is 3. The molecule has 0 fully saturated rings. The number of ether oxygens (including phenoxy) is 1. The second kappa shape index (κ2) is 10.0. The molecule has 1 unspecified atom stereocenters. The number of hydrogen-bond donors (Lipinski definition) is 0. The molecule has 1 aliphatic heterocycles. The van der Waals surface area contributed by atoms with Gasteiger partial charge in [0.05, 0.1) is 18.3 Å². The van der Waals surface area contributed by atoms with Gasteiger partial charge in [-0.25, -0.2) is 18.2 Å². The molecule has 0 saturated carbocycles. The van der Waals surface area contributed by atoms with Crippen LogP contribution >= 0.6 is 0 Å². The molecule has 1 aliphatic rings. The first kappa shape index (κ1) is 27.3. The van der Waals surface area contributed by atoms with Crippen molar-refractivity contribution in [1.82, 2.24) is 9.55 Å². The molecule has 40 heavy (non-hydrogen) atoms. The van der Waals surface area contributed by atoms with Crippen molar-refractivity contribution in [3.63, 3.8) is 0 Å². The standard InChI is InChI=1S/C29H23F6N3O2/c1-28(12-20-8-21(30)11-24(31)26(20)32)23-10-18(17-4-3-5-22(9-17)40-15-29(33,34)35)6-7-19(23)13-38(27(28)39)25-14-37(2)16-36-25/h3-11,14,16H,12-13,15H2,1-2H3. The number of rotatable bonds is 6. The number of benzene rings is 3. The van der Waals surface area contributed by atoms with Crippen LogP contribution < -0.4 is 9.64 Å². The van der Waals surface area contributed by atoms with Crippen molar-refractivity contribution in [3.05, 3.63) is 101 Å². The molecule has 0 bridgehead atoms. The average molecular weight is 560 g/mol. The first-order valence-electron chi connectivity index (χ1n) is 12.2. The first-order valence-corrected chi connectivity index (χ1v) is 12.2. The Hall–Kier alpha value is -4.28. The van der Waals surface area contributed by atoms with Gasteiger partial charge in [0.2, 0.25) is 5.91 Å². The van der Waals surface area contributed by atoms with E-state index < -0.39 is 41.6 Å². The highest BCUT2D eigenvalue weighted by molar-refractivity contribution is 6.02. The fourth-order valence-electron chi connectivity index (χ4n) is 5.01. The monoisotopic (exact) mass is 559 g/mol. The number of aryl methyl sites for hydroxylation is 1. The van der Waals surface area contributed by atoms with E-state index in [2.05, 4.69) is 4.98 Å². The van der Waals surface area contributed by atoms with E-state index in [9.17, 15) is 31.1 Å². The third-order valence-corrected chi connectivity index (χ3v) is 6.90. The Morgan fingerprint density at radius 3 is 2.48 bits per heavy atom. The number of nitrogens with zero attached hydrogens (tertiary/aromatic N) is 3. The number of halogens is 6. The van der Waals surface area contributed by atoms with Gasteiger partial charge < -0.3 is 9.30 Å². The summed E-state index contributed by atoms with van der Waals surface area (Å²) in [5.41, 5.74) is 0.480. The highest BCUT2D eigenvalue weighted by Gasteiger charge is 2.45. The van der Waals surface area contributed by atoms with E-state index in [1.165, 1.54) is 23.4 Å². The van der Waals surface area contributed by atoms with E-state index in [0.717, 1.165) is 6.07 Å². The van der Waals surface area contributed by atoms with Crippen LogP contribution in [0.5, 0.6) is 5.75 Å². The van der Waals surface area contributed by atoms with Crippen LogP contribution in [0.3, 0.4) is 0 Å². The highest BCUT2D eigenvalue weighted by Crippen LogP contribution is 2.42. The summed E-state index contributed by atoms with van der Waals surface area (Å²) in [6.45, 7) is 0.250. The lowest BCUT2D eigenvalue weighted by Gasteiger charge is -2.40. The van der Waals surface area contributed by atoms with Crippen molar-refractivity contribution >= 4 is 11.7 Å². The van der Waals surface area contributed by atoms with Crippen molar-refractivity contribution in [2.45, 2.75) is 31.5 Å². The van der Waals surface area contributed by atoms with Crippen LogP contribution in [0.15, 0.2) is 67.1 Å². The molecule has 5 nitrogen and oxygen atoms in total. The quantitative estimate of drug-likeness (QED) is 0.200. The lowest BCUT2D eigenvalue weighted by atomic mass is 9.71. The zero-order valence-corrected chi connectivity index (χ0v) is 21.4. The molecular weight excluding hydrogens is 536 g/mol. The van der Waals surface area contributed by atoms with E-state index >= 15 is 0 Å². The summed E-state index contributed by atoms with van der Waals surface area (Å²) in [5, 5.41) is 0. The van der Waals surface area contributed by atoms with Crippen LogP contribution in [0.2, 0.25) is 0 Å². The number of anilines is 1. The molecule has 2 heterocycles.